The van der Waals surface area contributed by atoms with Gasteiger partial charge in [0.25, 0.3) is 0 Å². The van der Waals surface area contributed by atoms with Crippen LogP contribution in [0.5, 0.6) is 0 Å². The monoisotopic (exact) mass is 234 g/mol. The molecule has 0 aromatic heterocycles. The highest BCUT2D eigenvalue weighted by atomic mass is 16.1. The lowest BCUT2D eigenvalue weighted by Crippen LogP contribution is -2.13. The molecule has 1 amide bonds. The zero-order valence-electron chi connectivity index (χ0n) is 11.3. The molecule has 3 N–H and O–H groups in total. The maximum atomic E-state index is 11.3. The van der Waals surface area contributed by atoms with E-state index in [1.54, 1.807) is 0 Å². The summed E-state index contributed by atoms with van der Waals surface area (Å²) in [5.74, 6) is 0.588. The van der Waals surface area contributed by atoms with Crippen LogP contribution < -0.4 is 11.1 Å². The SMILES string of the molecule is CC(=O)Nc1c(C(C)C)ccc(N)c1C(C)C. The zero-order valence-corrected chi connectivity index (χ0v) is 11.3. The van der Waals surface area contributed by atoms with E-state index in [0.717, 1.165) is 22.5 Å². The molecular formula is C14H22N2O. The maximum absolute atomic E-state index is 11.3. The second-order valence-electron chi connectivity index (χ2n) is 5.02. The Morgan fingerprint density at radius 1 is 1.18 bits per heavy atom. The maximum Gasteiger partial charge on any atom is 0.221 e. The largest absolute Gasteiger partial charge is 0.398 e. The Bertz CT molecular complexity index is 422. The zero-order chi connectivity index (χ0) is 13.2. The van der Waals surface area contributed by atoms with Gasteiger partial charge >= 0.3 is 0 Å². The summed E-state index contributed by atoms with van der Waals surface area (Å²) in [6.45, 7) is 9.92. The highest BCUT2D eigenvalue weighted by Crippen LogP contribution is 2.36. The van der Waals surface area contributed by atoms with Crippen molar-refractivity contribution in [1.29, 1.82) is 0 Å². The molecule has 0 unspecified atom stereocenters. The van der Waals surface area contributed by atoms with Crippen LogP contribution in [0, 0.1) is 0 Å². The fraction of sp³-hybridized carbons (Fsp3) is 0.500. The summed E-state index contributed by atoms with van der Waals surface area (Å²) >= 11 is 0. The predicted octanol–water partition coefficient (Wildman–Crippen LogP) is 3.47. The van der Waals surface area contributed by atoms with Crippen LogP contribution in [-0.4, -0.2) is 5.91 Å². The smallest absolute Gasteiger partial charge is 0.221 e. The van der Waals surface area contributed by atoms with E-state index in [0.29, 0.717) is 5.92 Å². The van der Waals surface area contributed by atoms with Gasteiger partial charge in [-0.3, -0.25) is 4.79 Å². The molecule has 0 aliphatic carbocycles. The molecule has 0 radical (unpaired) electrons. The minimum Gasteiger partial charge on any atom is -0.398 e. The summed E-state index contributed by atoms with van der Waals surface area (Å²) < 4.78 is 0. The fourth-order valence-corrected chi connectivity index (χ4v) is 2.07. The summed E-state index contributed by atoms with van der Waals surface area (Å²) in [6, 6.07) is 3.92. The third-order valence-electron chi connectivity index (χ3n) is 2.81. The number of nitrogens with two attached hydrogens (primary N) is 1. The average molecular weight is 234 g/mol. The number of nitrogens with one attached hydrogen (secondary N) is 1. The Kier molecular flexibility index (Phi) is 4.16. The topological polar surface area (TPSA) is 55.1 Å². The van der Waals surface area contributed by atoms with Crippen LogP contribution in [0.4, 0.5) is 11.4 Å². The number of carbonyl (C=O) groups is 1. The van der Waals surface area contributed by atoms with Gasteiger partial charge < -0.3 is 11.1 Å². The number of anilines is 2. The number of nitrogen functional groups attached to an aromatic ring is 1. The first-order chi connectivity index (χ1) is 7.84. The first-order valence-corrected chi connectivity index (χ1v) is 6.04. The third kappa shape index (κ3) is 2.99. The van der Waals surface area contributed by atoms with Gasteiger partial charge in [-0.25, -0.2) is 0 Å². The Morgan fingerprint density at radius 2 is 1.76 bits per heavy atom. The van der Waals surface area contributed by atoms with Gasteiger partial charge in [-0.2, -0.15) is 0 Å². The lowest BCUT2D eigenvalue weighted by atomic mass is 9.91. The molecule has 0 atom stereocenters. The van der Waals surface area contributed by atoms with Crippen molar-refractivity contribution in [2.75, 3.05) is 11.1 Å². The molecule has 0 spiro atoms. The van der Waals surface area contributed by atoms with E-state index in [2.05, 4.69) is 33.0 Å². The summed E-state index contributed by atoms with van der Waals surface area (Å²) in [7, 11) is 0. The summed E-state index contributed by atoms with van der Waals surface area (Å²) in [4.78, 5) is 11.3. The molecule has 0 saturated carbocycles. The van der Waals surface area contributed by atoms with E-state index in [4.69, 9.17) is 5.73 Å². The van der Waals surface area contributed by atoms with Crippen molar-refractivity contribution in [2.24, 2.45) is 0 Å². The molecule has 0 heterocycles. The summed E-state index contributed by atoms with van der Waals surface area (Å²) in [6.07, 6.45) is 0. The van der Waals surface area contributed by atoms with Gasteiger partial charge in [0, 0.05) is 23.9 Å². The van der Waals surface area contributed by atoms with Crippen molar-refractivity contribution in [1.82, 2.24) is 0 Å². The van der Waals surface area contributed by atoms with E-state index < -0.39 is 0 Å². The van der Waals surface area contributed by atoms with E-state index in [-0.39, 0.29) is 11.8 Å². The first-order valence-electron chi connectivity index (χ1n) is 6.04. The van der Waals surface area contributed by atoms with Crippen molar-refractivity contribution in [3.63, 3.8) is 0 Å². The van der Waals surface area contributed by atoms with Gasteiger partial charge in [-0.05, 0) is 23.5 Å². The Morgan fingerprint density at radius 3 is 2.18 bits per heavy atom. The van der Waals surface area contributed by atoms with Gasteiger partial charge in [0.2, 0.25) is 5.91 Å². The van der Waals surface area contributed by atoms with E-state index in [1.807, 2.05) is 12.1 Å². The molecule has 94 valence electrons. The number of rotatable bonds is 3. The number of benzene rings is 1. The van der Waals surface area contributed by atoms with Gasteiger partial charge in [0.05, 0.1) is 0 Å². The lowest BCUT2D eigenvalue weighted by Gasteiger charge is -2.21. The fourth-order valence-electron chi connectivity index (χ4n) is 2.07. The highest BCUT2D eigenvalue weighted by Gasteiger charge is 2.17. The van der Waals surface area contributed by atoms with E-state index >= 15 is 0 Å². The van der Waals surface area contributed by atoms with Crippen molar-refractivity contribution < 1.29 is 4.79 Å². The number of carbonyl (C=O) groups excluding carboxylic acids is 1. The van der Waals surface area contributed by atoms with Crippen molar-refractivity contribution >= 4 is 17.3 Å². The molecule has 0 aliphatic rings. The molecule has 0 saturated heterocycles. The van der Waals surface area contributed by atoms with E-state index in [9.17, 15) is 4.79 Å². The minimum absolute atomic E-state index is 0.0561. The van der Waals surface area contributed by atoms with Crippen LogP contribution in [0.3, 0.4) is 0 Å². The second kappa shape index (κ2) is 5.21. The van der Waals surface area contributed by atoms with Crippen LogP contribution in [-0.2, 0) is 4.79 Å². The Balaban J connectivity index is 3.43. The first kappa shape index (κ1) is 13.6. The molecule has 3 heteroatoms. The quantitative estimate of drug-likeness (QED) is 0.787. The number of amides is 1. The Hall–Kier alpha value is -1.51. The van der Waals surface area contributed by atoms with Crippen LogP contribution in [0.15, 0.2) is 12.1 Å². The molecule has 1 aromatic carbocycles. The highest BCUT2D eigenvalue weighted by molar-refractivity contribution is 5.92. The average Bonchev–Trinajstić information content (AvgIpc) is 2.15. The summed E-state index contributed by atoms with van der Waals surface area (Å²) in [5, 5.41) is 2.93. The molecule has 0 fully saturated rings. The van der Waals surface area contributed by atoms with Gasteiger partial charge in [-0.1, -0.05) is 33.8 Å². The molecule has 1 rings (SSSR count). The van der Waals surface area contributed by atoms with Crippen molar-refractivity contribution in [3.8, 4) is 0 Å². The minimum atomic E-state index is -0.0561. The van der Waals surface area contributed by atoms with Crippen LogP contribution in [0.25, 0.3) is 0 Å². The van der Waals surface area contributed by atoms with E-state index in [1.165, 1.54) is 6.92 Å². The third-order valence-corrected chi connectivity index (χ3v) is 2.81. The normalized spacial score (nSPS) is 11.0. The standard InChI is InChI=1S/C14H22N2O/c1-8(2)11-6-7-12(15)13(9(3)4)14(11)16-10(5)17/h6-9H,15H2,1-5H3,(H,16,17). The van der Waals surface area contributed by atoms with Crippen LogP contribution in [0.2, 0.25) is 0 Å². The number of hydrogen-bond donors (Lipinski definition) is 2. The van der Waals surface area contributed by atoms with Gasteiger partial charge in [0.15, 0.2) is 0 Å². The van der Waals surface area contributed by atoms with Gasteiger partial charge in [0.1, 0.15) is 0 Å². The summed E-state index contributed by atoms with van der Waals surface area (Å²) in [5.41, 5.74) is 9.82. The number of hydrogen-bond acceptors (Lipinski definition) is 2. The molecular weight excluding hydrogens is 212 g/mol. The molecule has 1 aromatic rings. The van der Waals surface area contributed by atoms with Gasteiger partial charge in [-0.15, -0.1) is 0 Å². The second-order valence-corrected chi connectivity index (χ2v) is 5.02. The van der Waals surface area contributed by atoms with Crippen LogP contribution in [0.1, 0.15) is 57.6 Å². The molecule has 17 heavy (non-hydrogen) atoms. The van der Waals surface area contributed by atoms with Crippen LogP contribution >= 0.6 is 0 Å². The lowest BCUT2D eigenvalue weighted by molar-refractivity contribution is -0.114. The molecule has 3 nitrogen and oxygen atoms in total. The van der Waals surface area contributed by atoms with Crippen molar-refractivity contribution in [2.45, 2.75) is 46.5 Å². The van der Waals surface area contributed by atoms with Crippen molar-refractivity contribution in [3.05, 3.63) is 23.3 Å². The molecule has 0 aliphatic heterocycles. The molecule has 0 bridgehead atoms. The Labute approximate surface area is 103 Å². The predicted molar refractivity (Wildman–Crippen MR) is 73.3 cm³/mol.